The molecular weight excluding hydrogens is 340 g/mol. The lowest BCUT2D eigenvalue weighted by Gasteiger charge is -2.10. The first-order valence-electron chi connectivity index (χ1n) is 7.74. The van der Waals surface area contributed by atoms with Gasteiger partial charge in [-0.2, -0.15) is 0 Å². The lowest BCUT2D eigenvalue weighted by molar-refractivity contribution is -0.119. The van der Waals surface area contributed by atoms with Gasteiger partial charge in [0.15, 0.2) is 0 Å². The van der Waals surface area contributed by atoms with E-state index in [1.807, 2.05) is 0 Å². The van der Waals surface area contributed by atoms with E-state index in [-0.39, 0.29) is 11.7 Å². The predicted molar refractivity (Wildman–Crippen MR) is 97.1 cm³/mol. The number of nitrogens with two attached hydrogens (primary N) is 1. The lowest BCUT2D eigenvalue weighted by atomic mass is 9.97. The lowest BCUT2D eigenvalue weighted by Crippen LogP contribution is -2.20. The van der Waals surface area contributed by atoms with Crippen LogP contribution in [0.3, 0.4) is 0 Å². The predicted octanol–water partition coefficient (Wildman–Crippen LogP) is 3.59. The maximum atomic E-state index is 13.0. The van der Waals surface area contributed by atoms with Crippen molar-refractivity contribution in [3.8, 4) is 5.75 Å². The van der Waals surface area contributed by atoms with Crippen LogP contribution in [0, 0.1) is 6.92 Å². The number of benzene rings is 2. The van der Waals surface area contributed by atoms with E-state index in [1.54, 1.807) is 50.2 Å². The number of fused-ring (bicyclic) bond motifs is 1. The van der Waals surface area contributed by atoms with Crippen LogP contribution in [0.5, 0.6) is 5.75 Å². The Labute approximate surface area is 149 Å². The molecule has 3 N–H and O–H groups in total. The molecule has 1 amide bonds. The molecular formula is C19H17ClN2O3. The molecule has 0 saturated heterocycles. The molecule has 0 aliphatic rings. The Hall–Kier alpha value is -2.79. The van der Waals surface area contributed by atoms with Gasteiger partial charge in [-0.3, -0.25) is 14.2 Å². The summed E-state index contributed by atoms with van der Waals surface area (Å²) in [4.78, 5) is 24.7. The van der Waals surface area contributed by atoms with Crippen LogP contribution < -0.4 is 5.73 Å². The fourth-order valence-corrected chi connectivity index (χ4v) is 3.23. The van der Waals surface area contributed by atoms with E-state index in [9.17, 15) is 14.7 Å². The number of carbonyl (C=O) groups is 2. The van der Waals surface area contributed by atoms with Gasteiger partial charge in [0, 0.05) is 21.7 Å². The number of phenols is 1. The first-order chi connectivity index (χ1) is 11.8. The van der Waals surface area contributed by atoms with Gasteiger partial charge in [0.25, 0.3) is 5.91 Å². The maximum Gasteiger partial charge on any atom is 0.262 e. The molecule has 1 heterocycles. The van der Waals surface area contributed by atoms with Crippen LogP contribution in [-0.2, 0) is 4.79 Å². The van der Waals surface area contributed by atoms with Gasteiger partial charge in [-0.1, -0.05) is 11.6 Å². The monoisotopic (exact) mass is 356 g/mol. The van der Waals surface area contributed by atoms with E-state index < -0.39 is 11.8 Å². The minimum absolute atomic E-state index is 0.0570. The van der Waals surface area contributed by atoms with Crippen LogP contribution in [0.1, 0.15) is 34.5 Å². The number of aromatic nitrogens is 1. The Bertz CT molecular complexity index is 990. The zero-order valence-electron chi connectivity index (χ0n) is 13.8. The van der Waals surface area contributed by atoms with Crippen molar-refractivity contribution in [3.63, 3.8) is 0 Å². The average molecular weight is 357 g/mol. The summed E-state index contributed by atoms with van der Waals surface area (Å²) in [6.07, 6.45) is 0. The normalized spacial score (nSPS) is 12.3. The van der Waals surface area contributed by atoms with Crippen molar-refractivity contribution in [3.05, 3.63) is 64.3 Å². The fourth-order valence-electron chi connectivity index (χ4n) is 3.10. The molecule has 0 unspecified atom stereocenters. The van der Waals surface area contributed by atoms with E-state index in [0.29, 0.717) is 32.7 Å². The third-order valence-corrected chi connectivity index (χ3v) is 4.64. The van der Waals surface area contributed by atoms with Crippen LogP contribution in [0.25, 0.3) is 10.9 Å². The van der Waals surface area contributed by atoms with Crippen molar-refractivity contribution in [1.29, 1.82) is 0 Å². The van der Waals surface area contributed by atoms with Gasteiger partial charge < -0.3 is 10.8 Å². The van der Waals surface area contributed by atoms with Crippen molar-refractivity contribution < 1.29 is 14.7 Å². The number of nitrogens with zero attached hydrogens (tertiary/aromatic N) is 1. The molecule has 128 valence electrons. The Morgan fingerprint density at radius 2 is 1.80 bits per heavy atom. The van der Waals surface area contributed by atoms with Gasteiger partial charge in [-0.15, -0.1) is 0 Å². The van der Waals surface area contributed by atoms with Gasteiger partial charge in [0.1, 0.15) is 5.75 Å². The zero-order valence-corrected chi connectivity index (χ0v) is 14.5. The highest BCUT2D eigenvalue weighted by atomic mass is 35.5. The second kappa shape index (κ2) is 6.26. The molecule has 3 rings (SSSR count). The second-order valence-corrected chi connectivity index (χ2v) is 6.41. The first-order valence-corrected chi connectivity index (χ1v) is 8.12. The summed E-state index contributed by atoms with van der Waals surface area (Å²) in [5.74, 6) is -1.28. The number of hydrogen-bond acceptors (Lipinski definition) is 3. The van der Waals surface area contributed by atoms with Gasteiger partial charge >= 0.3 is 0 Å². The molecule has 3 aromatic rings. The summed E-state index contributed by atoms with van der Waals surface area (Å²) in [6.45, 7) is 3.45. The molecule has 1 aromatic heterocycles. The van der Waals surface area contributed by atoms with E-state index >= 15 is 0 Å². The van der Waals surface area contributed by atoms with Crippen molar-refractivity contribution >= 4 is 34.3 Å². The summed E-state index contributed by atoms with van der Waals surface area (Å²) in [7, 11) is 0. The van der Waals surface area contributed by atoms with Gasteiger partial charge in [0.2, 0.25) is 5.91 Å². The van der Waals surface area contributed by atoms with E-state index in [0.717, 1.165) is 0 Å². The molecule has 0 bridgehead atoms. The van der Waals surface area contributed by atoms with Crippen molar-refractivity contribution in [1.82, 2.24) is 4.57 Å². The molecule has 0 saturated carbocycles. The number of carbonyl (C=O) groups excluding carboxylic acids is 2. The summed E-state index contributed by atoms with van der Waals surface area (Å²) >= 11 is 5.89. The number of rotatable bonds is 3. The van der Waals surface area contributed by atoms with Gasteiger partial charge in [-0.25, -0.2) is 0 Å². The van der Waals surface area contributed by atoms with Crippen LogP contribution in [0.2, 0.25) is 5.02 Å². The van der Waals surface area contributed by atoms with Gasteiger partial charge in [-0.05, 0) is 61.9 Å². The molecule has 25 heavy (non-hydrogen) atoms. The molecule has 0 fully saturated rings. The molecule has 5 nitrogen and oxygen atoms in total. The molecule has 0 aliphatic heterocycles. The Balaban J connectivity index is 2.28. The minimum Gasteiger partial charge on any atom is -0.508 e. The van der Waals surface area contributed by atoms with Crippen molar-refractivity contribution in [2.75, 3.05) is 0 Å². The fraction of sp³-hybridized carbons (Fsp3) is 0.158. The Morgan fingerprint density at radius 3 is 2.40 bits per heavy atom. The SMILES string of the molecule is Cc1c([C@H](C)C(N)=O)c2cc(O)ccc2n1C(=O)c1ccc(Cl)cc1. The van der Waals surface area contributed by atoms with E-state index in [1.165, 1.54) is 10.6 Å². The second-order valence-electron chi connectivity index (χ2n) is 5.97. The number of aromatic hydroxyl groups is 1. The highest BCUT2D eigenvalue weighted by molar-refractivity contribution is 6.30. The Morgan fingerprint density at radius 1 is 1.16 bits per heavy atom. The van der Waals surface area contributed by atoms with Crippen LogP contribution >= 0.6 is 11.6 Å². The highest BCUT2D eigenvalue weighted by Crippen LogP contribution is 2.34. The standard InChI is InChI=1S/C19H17ClN2O3/c1-10(18(21)24)17-11(2)22(16-8-7-14(23)9-15(16)17)19(25)12-3-5-13(20)6-4-12/h3-10,23H,1-2H3,(H2,21,24)/t10-/m0/s1. The number of phenolic OH excluding ortho intramolecular Hbond substituents is 1. The highest BCUT2D eigenvalue weighted by Gasteiger charge is 2.25. The third-order valence-electron chi connectivity index (χ3n) is 4.39. The maximum absolute atomic E-state index is 13.0. The zero-order chi connectivity index (χ0) is 18.3. The molecule has 0 spiro atoms. The van der Waals surface area contributed by atoms with Crippen molar-refractivity contribution in [2.45, 2.75) is 19.8 Å². The van der Waals surface area contributed by atoms with Crippen molar-refractivity contribution in [2.24, 2.45) is 5.73 Å². The summed E-state index contributed by atoms with van der Waals surface area (Å²) in [5, 5.41) is 11.0. The minimum atomic E-state index is -0.594. The molecule has 0 radical (unpaired) electrons. The largest absolute Gasteiger partial charge is 0.508 e. The summed E-state index contributed by atoms with van der Waals surface area (Å²) in [6, 6.07) is 11.3. The summed E-state index contributed by atoms with van der Waals surface area (Å²) in [5.41, 5.74) is 7.80. The van der Waals surface area contributed by atoms with Gasteiger partial charge in [0.05, 0.1) is 11.4 Å². The molecule has 1 atom stereocenters. The van der Waals surface area contributed by atoms with Crippen LogP contribution in [-0.4, -0.2) is 21.5 Å². The number of halogens is 1. The number of primary amides is 1. The van der Waals surface area contributed by atoms with E-state index in [4.69, 9.17) is 17.3 Å². The topological polar surface area (TPSA) is 85.3 Å². The molecule has 2 aromatic carbocycles. The Kier molecular flexibility index (Phi) is 4.27. The van der Waals surface area contributed by atoms with Crippen LogP contribution in [0.15, 0.2) is 42.5 Å². The molecule has 6 heteroatoms. The first kappa shape index (κ1) is 17.0. The third kappa shape index (κ3) is 2.87. The number of amides is 1. The van der Waals surface area contributed by atoms with Crippen LogP contribution in [0.4, 0.5) is 0 Å². The summed E-state index contributed by atoms with van der Waals surface area (Å²) < 4.78 is 1.53. The van der Waals surface area contributed by atoms with E-state index in [2.05, 4.69) is 0 Å². The molecule has 0 aliphatic carbocycles. The average Bonchev–Trinajstić information content (AvgIpc) is 2.85. The smallest absolute Gasteiger partial charge is 0.262 e. The number of hydrogen-bond donors (Lipinski definition) is 2. The quantitative estimate of drug-likeness (QED) is 0.752.